The summed E-state index contributed by atoms with van der Waals surface area (Å²) in [6.07, 6.45) is 0. The lowest BCUT2D eigenvalue weighted by Gasteiger charge is -2.23. The Labute approximate surface area is 150 Å². The Hall–Kier alpha value is -2.44. The minimum Gasteiger partial charge on any atom is -0.325 e. The van der Waals surface area contributed by atoms with E-state index in [1.165, 1.54) is 18.2 Å². The molecule has 2 aromatic carbocycles. The minimum absolute atomic E-state index is 0.0132. The summed E-state index contributed by atoms with van der Waals surface area (Å²) in [4.78, 5) is 25.9. The fourth-order valence-electron chi connectivity index (χ4n) is 2.14. The molecule has 1 atom stereocenters. The third-order valence-corrected chi connectivity index (χ3v) is 3.87. The summed E-state index contributed by atoms with van der Waals surface area (Å²) in [6.45, 7) is 1.68. The van der Waals surface area contributed by atoms with Crippen molar-refractivity contribution in [2.75, 3.05) is 24.2 Å². The second-order valence-corrected chi connectivity index (χ2v) is 6.09. The van der Waals surface area contributed by atoms with Crippen LogP contribution in [0.2, 0.25) is 5.02 Å². The molecule has 0 aliphatic heterocycles. The zero-order chi connectivity index (χ0) is 18.4. The van der Waals surface area contributed by atoms with Crippen LogP contribution in [0, 0.1) is 5.82 Å². The maximum atomic E-state index is 13.1. The van der Waals surface area contributed by atoms with Gasteiger partial charge in [-0.1, -0.05) is 23.7 Å². The molecule has 0 aliphatic carbocycles. The number of anilines is 2. The van der Waals surface area contributed by atoms with E-state index in [2.05, 4.69) is 10.6 Å². The molecule has 0 aromatic heterocycles. The van der Waals surface area contributed by atoms with Gasteiger partial charge >= 0.3 is 0 Å². The Kier molecular flexibility index (Phi) is 6.50. The average Bonchev–Trinajstić information content (AvgIpc) is 2.53. The number of hydrogen-bond donors (Lipinski definition) is 2. The summed E-state index contributed by atoms with van der Waals surface area (Å²) in [6, 6.07) is 11.9. The first-order valence-corrected chi connectivity index (χ1v) is 8.05. The fraction of sp³-hybridized carbons (Fsp3) is 0.222. The number of nitrogens with one attached hydrogen (secondary N) is 2. The molecule has 5 nitrogen and oxygen atoms in total. The topological polar surface area (TPSA) is 61.4 Å². The first-order chi connectivity index (χ1) is 11.8. The number of benzene rings is 2. The molecular weight excluding hydrogens is 345 g/mol. The summed E-state index contributed by atoms with van der Waals surface area (Å²) >= 11 is 5.89. The van der Waals surface area contributed by atoms with Crippen LogP contribution in [0.5, 0.6) is 0 Å². The van der Waals surface area contributed by atoms with Gasteiger partial charge in [0.05, 0.1) is 12.6 Å². The smallest absolute Gasteiger partial charge is 0.241 e. The Morgan fingerprint density at radius 1 is 1.12 bits per heavy atom. The molecule has 2 amide bonds. The van der Waals surface area contributed by atoms with E-state index in [0.717, 1.165) is 0 Å². The van der Waals surface area contributed by atoms with Crippen molar-refractivity contribution < 1.29 is 14.0 Å². The first kappa shape index (κ1) is 18.9. The Bertz CT molecular complexity index is 769. The van der Waals surface area contributed by atoms with Crippen molar-refractivity contribution in [2.24, 2.45) is 0 Å². The van der Waals surface area contributed by atoms with Crippen LogP contribution < -0.4 is 10.6 Å². The molecule has 2 N–H and O–H groups in total. The molecule has 0 spiro atoms. The molecule has 25 heavy (non-hydrogen) atoms. The summed E-state index contributed by atoms with van der Waals surface area (Å²) < 4.78 is 13.1. The number of carbonyl (C=O) groups excluding carboxylic acids is 2. The van der Waals surface area contributed by atoms with Gasteiger partial charge in [-0.25, -0.2) is 4.39 Å². The highest BCUT2D eigenvalue weighted by Gasteiger charge is 2.20. The Balaban J connectivity index is 1.89. The zero-order valence-corrected chi connectivity index (χ0v) is 14.7. The molecule has 0 bridgehead atoms. The van der Waals surface area contributed by atoms with E-state index in [4.69, 9.17) is 11.6 Å². The van der Waals surface area contributed by atoms with Crippen molar-refractivity contribution in [3.8, 4) is 0 Å². The van der Waals surface area contributed by atoms with Crippen molar-refractivity contribution in [3.05, 3.63) is 59.4 Å². The van der Waals surface area contributed by atoms with Gasteiger partial charge in [0.2, 0.25) is 11.8 Å². The van der Waals surface area contributed by atoms with E-state index in [0.29, 0.717) is 16.4 Å². The monoisotopic (exact) mass is 363 g/mol. The molecule has 0 unspecified atom stereocenters. The van der Waals surface area contributed by atoms with E-state index in [1.807, 2.05) is 0 Å². The summed E-state index contributed by atoms with van der Waals surface area (Å²) in [5, 5.41) is 5.86. The maximum Gasteiger partial charge on any atom is 0.241 e. The van der Waals surface area contributed by atoms with Crippen LogP contribution in [0.3, 0.4) is 0 Å². The van der Waals surface area contributed by atoms with E-state index in [1.54, 1.807) is 49.2 Å². The predicted molar refractivity (Wildman–Crippen MR) is 97.2 cm³/mol. The number of carbonyl (C=O) groups is 2. The molecule has 0 saturated carbocycles. The van der Waals surface area contributed by atoms with Crippen LogP contribution in [0.25, 0.3) is 0 Å². The van der Waals surface area contributed by atoms with Gasteiger partial charge in [-0.15, -0.1) is 0 Å². The van der Waals surface area contributed by atoms with Gasteiger partial charge in [0.1, 0.15) is 5.82 Å². The third kappa shape index (κ3) is 5.85. The lowest BCUT2D eigenvalue weighted by Crippen LogP contribution is -2.43. The van der Waals surface area contributed by atoms with Gasteiger partial charge in [0, 0.05) is 16.4 Å². The van der Waals surface area contributed by atoms with Gasteiger partial charge < -0.3 is 10.6 Å². The standard InChI is InChI=1S/C18H19ClFN3O2/c1-12(18(25)22-15-7-3-5-13(19)9-15)23(2)11-17(24)21-16-8-4-6-14(20)10-16/h3-10,12H,11H2,1-2H3,(H,21,24)(H,22,25)/t12-/m1/s1. The maximum absolute atomic E-state index is 13.1. The third-order valence-electron chi connectivity index (χ3n) is 3.63. The Morgan fingerprint density at radius 2 is 1.76 bits per heavy atom. The highest BCUT2D eigenvalue weighted by Crippen LogP contribution is 2.15. The molecule has 132 valence electrons. The van der Waals surface area contributed by atoms with Crippen LogP contribution in [0.1, 0.15) is 6.92 Å². The van der Waals surface area contributed by atoms with Crippen molar-refractivity contribution in [1.29, 1.82) is 0 Å². The van der Waals surface area contributed by atoms with E-state index in [9.17, 15) is 14.0 Å². The quantitative estimate of drug-likeness (QED) is 0.827. The van der Waals surface area contributed by atoms with Crippen molar-refractivity contribution >= 4 is 34.8 Å². The SMILES string of the molecule is C[C@H](C(=O)Nc1cccc(Cl)c1)N(C)CC(=O)Nc1cccc(F)c1. The van der Waals surface area contributed by atoms with E-state index < -0.39 is 11.9 Å². The molecule has 0 aliphatic rings. The largest absolute Gasteiger partial charge is 0.325 e. The number of amides is 2. The molecule has 0 heterocycles. The van der Waals surface area contributed by atoms with Crippen LogP contribution in [0.4, 0.5) is 15.8 Å². The fourth-order valence-corrected chi connectivity index (χ4v) is 2.33. The van der Waals surface area contributed by atoms with Gasteiger partial charge in [0.25, 0.3) is 0 Å². The summed E-state index contributed by atoms with van der Waals surface area (Å²) in [5.41, 5.74) is 0.955. The minimum atomic E-state index is -0.544. The van der Waals surface area contributed by atoms with E-state index >= 15 is 0 Å². The summed E-state index contributed by atoms with van der Waals surface area (Å²) in [5.74, 6) is -1.03. The van der Waals surface area contributed by atoms with Crippen molar-refractivity contribution in [2.45, 2.75) is 13.0 Å². The van der Waals surface area contributed by atoms with Gasteiger partial charge in [-0.2, -0.15) is 0 Å². The molecule has 0 saturated heterocycles. The highest BCUT2D eigenvalue weighted by molar-refractivity contribution is 6.30. The lowest BCUT2D eigenvalue weighted by molar-refractivity contribution is -0.122. The predicted octanol–water partition coefficient (Wildman–Crippen LogP) is 3.38. The average molecular weight is 364 g/mol. The summed E-state index contributed by atoms with van der Waals surface area (Å²) in [7, 11) is 1.66. The van der Waals surface area contributed by atoms with Crippen molar-refractivity contribution in [3.63, 3.8) is 0 Å². The molecule has 7 heteroatoms. The lowest BCUT2D eigenvalue weighted by atomic mass is 10.2. The molecule has 0 radical (unpaired) electrons. The van der Waals surface area contributed by atoms with Crippen LogP contribution in [0.15, 0.2) is 48.5 Å². The number of halogens is 2. The second-order valence-electron chi connectivity index (χ2n) is 5.65. The van der Waals surface area contributed by atoms with Gasteiger partial charge in [-0.05, 0) is 50.4 Å². The first-order valence-electron chi connectivity index (χ1n) is 7.67. The molecular formula is C18H19ClFN3O2. The molecule has 2 aromatic rings. The van der Waals surface area contributed by atoms with Gasteiger partial charge in [-0.3, -0.25) is 14.5 Å². The van der Waals surface area contributed by atoms with E-state index in [-0.39, 0.29) is 18.4 Å². The van der Waals surface area contributed by atoms with Crippen LogP contribution in [-0.2, 0) is 9.59 Å². The highest BCUT2D eigenvalue weighted by atomic mass is 35.5. The molecule has 0 fully saturated rings. The number of rotatable bonds is 6. The van der Waals surface area contributed by atoms with Crippen LogP contribution >= 0.6 is 11.6 Å². The van der Waals surface area contributed by atoms with Crippen LogP contribution in [-0.4, -0.2) is 36.3 Å². The number of nitrogens with zero attached hydrogens (tertiary/aromatic N) is 1. The zero-order valence-electron chi connectivity index (χ0n) is 13.9. The second kappa shape index (κ2) is 8.60. The molecule has 2 rings (SSSR count). The number of hydrogen-bond acceptors (Lipinski definition) is 3. The van der Waals surface area contributed by atoms with Gasteiger partial charge in [0.15, 0.2) is 0 Å². The normalized spacial score (nSPS) is 11.9. The Morgan fingerprint density at radius 3 is 2.40 bits per heavy atom. The number of likely N-dealkylation sites (N-methyl/N-ethyl adjacent to an activating group) is 1. The van der Waals surface area contributed by atoms with Crippen molar-refractivity contribution in [1.82, 2.24) is 4.90 Å².